The first-order chi connectivity index (χ1) is 10.4. The summed E-state index contributed by atoms with van der Waals surface area (Å²) in [6.45, 7) is 3.74. The van der Waals surface area contributed by atoms with Gasteiger partial charge in [0.05, 0.1) is 11.8 Å². The van der Waals surface area contributed by atoms with Crippen molar-refractivity contribution in [1.29, 1.82) is 0 Å². The normalized spacial score (nSPS) is 21.6. The molecule has 1 aromatic carbocycles. The van der Waals surface area contributed by atoms with Crippen molar-refractivity contribution in [3.63, 3.8) is 0 Å². The summed E-state index contributed by atoms with van der Waals surface area (Å²) in [5.74, 6) is -0.545. The van der Waals surface area contributed by atoms with Gasteiger partial charge in [-0.1, -0.05) is 30.3 Å². The lowest BCUT2D eigenvalue weighted by Gasteiger charge is -2.30. The topological polar surface area (TPSA) is 57.6 Å². The number of carboxylic acids is 1. The van der Waals surface area contributed by atoms with Gasteiger partial charge in [0.2, 0.25) is 5.91 Å². The Morgan fingerprint density at radius 2 is 2.05 bits per heavy atom. The van der Waals surface area contributed by atoms with Gasteiger partial charge in [-0.05, 0) is 25.8 Å². The Hall–Kier alpha value is -1.14. The van der Waals surface area contributed by atoms with Crippen molar-refractivity contribution in [2.24, 2.45) is 5.92 Å². The summed E-state index contributed by atoms with van der Waals surface area (Å²) in [5, 5.41) is 9.49. The lowest BCUT2D eigenvalue weighted by Crippen LogP contribution is -2.50. The average molecular weight is 339 g/mol. The third-order valence-electron chi connectivity index (χ3n) is 3.96. The molecule has 0 aromatic heterocycles. The Labute approximate surface area is 140 Å². The fraction of sp³-hybridized carbons (Fsp3) is 0.500. The number of carbonyl (C=O) groups excluding carboxylic acids is 1. The largest absolute Gasteiger partial charge is 0.480 e. The molecule has 0 radical (unpaired) electrons. The minimum Gasteiger partial charge on any atom is -0.480 e. The zero-order valence-corrected chi connectivity index (χ0v) is 14.4. The van der Waals surface area contributed by atoms with E-state index in [1.807, 2.05) is 44.2 Å². The number of carbonyl (C=O) groups is 2. The summed E-state index contributed by atoms with van der Waals surface area (Å²) in [5.41, 5.74) is 1.06. The molecule has 0 bridgehead atoms. The molecular formula is C16H21NO3S2. The van der Waals surface area contributed by atoms with Gasteiger partial charge in [-0.3, -0.25) is 4.79 Å². The number of thioether (sulfide) groups is 1. The zero-order valence-electron chi connectivity index (χ0n) is 12.7. The first-order valence-corrected chi connectivity index (χ1v) is 8.80. The molecule has 1 fully saturated rings. The molecule has 6 heteroatoms. The molecule has 1 heterocycles. The van der Waals surface area contributed by atoms with Gasteiger partial charge < -0.3 is 10.0 Å². The zero-order chi connectivity index (χ0) is 16.3. The molecule has 0 aliphatic carbocycles. The van der Waals surface area contributed by atoms with Crippen molar-refractivity contribution in [3.05, 3.63) is 35.9 Å². The monoisotopic (exact) mass is 339 g/mol. The second-order valence-electron chi connectivity index (χ2n) is 5.99. The number of hydrogen-bond acceptors (Lipinski definition) is 4. The summed E-state index contributed by atoms with van der Waals surface area (Å²) in [7, 11) is 0. The summed E-state index contributed by atoms with van der Waals surface area (Å²) >= 11 is 5.81. The van der Waals surface area contributed by atoms with E-state index in [0.717, 1.165) is 5.56 Å². The van der Waals surface area contributed by atoms with E-state index >= 15 is 0 Å². The van der Waals surface area contributed by atoms with Crippen molar-refractivity contribution in [3.8, 4) is 0 Å². The fourth-order valence-electron chi connectivity index (χ4n) is 2.75. The van der Waals surface area contributed by atoms with Crippen molar-refractivity contribution in [1.82, 2.24) is 4.90 Å². The SMILES string of the molecule is CC1(C)SCN(C(=O)C(CS)Cc2ccccc2)[C@H]1C(=O)O. The Morgan fingerprint density at radius 1 is 1.41 bits per heavy atom. The number of benzene rings is 1. The van der Waals surface area contributed by atoms with E-state index in [1.165, 1.54) is 16.7 Å². The van der Waals surface area contributed by atoms with Crippen LogP contribution in [0.5, 0.6) is 0 Å². The fourth-order valence-corrected chi connectivity index (χ4v) is 4.17. The first-order valence-electron chi connectivity index (χ1n) is 7.19. The molecule has 1 aromatic rings. The van der Waals surface area contributed by atoms with E-state index in [9.17, 15) is 14.7 Å². The lowest BCUT2D eigenvalue weighted by molar-refractivity contribution is -0.151. The van der Waals surface area contributed by atoms with Gasteiger partial charge in [0, 0.05) is 10.5 Å². The van der Waals surface area contributed by atoms with Crippen LogP contribution in [0, 0.1) is 5.92 Å². The number of thiol groups is 1. The number of aliphatic carboxylic acids is 1. The maximum Gasteiger partial charge on any atom is 0.327 e. The molecule has 22 heavy (non-hydrogen) atoms. The molecular weight excluding hydrogens is 318 g/mol. The Bertz CT molecular complexity index is 548. The van der Waals surface area contributed by atoms with Crippen LogP contribution >= 0.6 is 24.4 Å². The van der Waals surface area contributed by atoms with E-state index in [2.05, 4.69) is 12.6 Å². The first kappa shape index (κ1) is 17.2. The highest BCUT2D eigenvalue weighted by molar-refractivity contribution is 8.00. The number of nitrogens with zero attached hydrogens (tertiary/aromatic N) is 1. The second-order valence-corrected chi connectivity index (χ2v) is 7.96. The summed E-state index contributed by atoms with van der Waals surface area (Å²) in [6.07, 6.45) is 0.580. The maximum absolute atomic E-state index is 12.8. The van der Waals surface area contributed by atoms with E-state index in [-0.39, 0.29) is 11.8 Å². The van der Waals surface area contributed by atoms with Crippen LogP contribution in [0.4, 0.5) is 0 Å². The molecule has 0 spiro atoms. The summed E-state index contributed by atoms with van der Waals surface area (Å²) < 4.78 is -0.477. The molecule has 1 saturated heterocycles. The number of carboxylic acid groups (broad SMARTS) is 1. The third kappa shape index (κ3) is 3.60. The lowest BCUT2D eigenvalue weighted by atomic mass is 9.96. The smallest absolute Gasteiger partial charge is 0.327 e. The molecule has 1 unspecified atom stereocenters. The van der Waals surface area contributed by atoms with Crippen molar-refractivity contribution in [2.45, 2.75) is 31.1 Å². The average Bonchev–Trinajstić information content (AvgIpc) is 2.80. The van der Waals surface area contributed by atoms with E-state index in [0.29, 0.717) is 18.1 Å². The molecule has 1 aliphatic heterocycles. The molecule has 4 nitrogen and oxygen atoms in total. The van der Waals surface area contributed by atoms with Crippen LogP contribution in [-0.2, 0) is 16.0 Å². The van der Waals surface area contributed by atoms with Crippen LogP contribution in [0.25, 0.3) is 0 Å². The van der Waals surface area contributed by atoms with Gasteiger partial charge in [0.15, 0.2) is 0 Å². The van der Waals surface area contributed by atoms with Gasteiger partial charge in [0.1, 0.15) is 6.04 Å². The maximum atomic E-state index is 12.8. The number of amides is 1. The minimum absolute atomic E-state index is 0.121. The van der Waals surface area contributed by atoms with E-state index in [4.69, 9.17) is 0 Å². The van der Waals surface area contributed by atoms with E-state index in [1.54, 1.807) is 0 Å². The van der Waals surface area contributed by atoms with Crippen molar-refractivity contribution >= 4 is 36.3 Å². The van der Waals surface area contributed by atoms with E-state index < -0.39 is 16.8 Å². The highest BCUT2D eigenvalue weighted by Gasteiger charge is 2.48. The molecule has 0 saturated carbocycles. The Balaban J connectivity index is 2.16. The summed E-state index contributed by atoms with van der Waals surface area (Å²) in [4.78, 5) is 25.9. The number of rotatable bonds is 5. The van der Waals surface area contributed by atoms with Crippen LogP contribution in [0.1, 0.15) is 19.4 Å². The van der Waals surface area contributed by atoms with Gasteiger partial charge in [-0.25, -0.2) is 4.79 Å². The molecule has 2 atom stereocenters. The van der Waals surface area contributed by atoms with Crippen LogP contribution in [-0.4, -0.2) is 44.3 Å². The standard InChI is InChI=1S/C16H21NO3S2/c1-16(2)13(15(19)20)17(10-22-16)14(18)12(9-21)8-11-6-4-3-5-7-11/h3-7,12-13,21H,8-10H2,1-2H3,(H,19,20)/t12?,13-/m0/s1. The van der Waals surface area contributed by atoms with Gasteiger partial charge in [-0.15, -0.1) is 11.8 Å². The highest BCUT2D eigenvalue weighted by Crippen LogP contribution is 2.40. The van der Waals surface area contributed by atoms with Crippen LogP contribution in [0.3, 0.4) is 0 Å². The minimum atomic E-state index is -0.944. The molecule has 120 valence electrons. The Morgan fingerprint density at radius 3 is 2.59 bits per heavy atom. The number of hydrogen-bond donors (Lipinski definition) is 2. The molecule has 1 N–H and O–H groups in total. The molecule has 2 rings (SSSR count). The molecule has 1 aliphatic rings. The van der Waals surface area contributed by atoms with Gasteiger partial charge in [-0.2, -0.15) is 12.6 Å². The van der Waals surface area contributed by atoms with Crippen LogP contribution in [0.15, 0.2) is 30.3 Å². The summed E-state index contributed by atoms with van der Waals surface area (Å²) in [6, 6.07) is 8.96. The van der Waals surface area contributed by atoms with Crippen LogP contribution in [0.2, 0.25) is 0 Å². The van der Waals surface area contributed by atoms with Crippen molar-refractivity contribution in [2.75, 3.05) is 11.6 Å². The second kappa shape index (κ2) is 6.96. The van der Waals surface area contributed by atoms with Gasteiger partial charge >= 0.3 is 5.97 Å². The van der Waals surface area contributed by atoms with Gasteiger partial charge in [0.25, 0.3) is 0 Å². The third-order valence-corrected chi connectivity index (χ3v) is 5.77. The highest BCUT2D eigenvalue weighted by atomic mass is 32.2. The molecule has 1 amide bonds. The Kier molecular flexibility index (Phi) is 5.45. The van der Waals surface area contributed by atoms with Crippen LogP contribution < -0.4 is 0 Å². The quantitative estimate of drug-likeness (QED) is 0.810. The van der Waals surface area contributed by atoms with Crippen molar-refractivity contribution < 1.29 is 14.7 Å². The predicted molar refractivity (Wildman–Crippen MR) is 92.3 cm³/mol. The predicted octanol–water partition coefficient (Wildman–Crippen LogP) is 2.54.